The summed E-state index contributed by atoms with van der Waals surface area (Å²) in [6, 6.07) is 0. The average molecular weight is 338 g/mol. The number of nitrogens with zero attached hydrogens (tertiary/aromatic N) is 3. The van der Waals surface area contributed by atoms with Gasteiger partial charge in [0.1, 0.15) is 6.54 Å². The summed E-state index contributed by atoms with van der Waals surface area (Å²) in [4.78, 5) is 11.4. The quantitative estimate of drug-likeness (QED) is 0.344. The maximum atomic E-state index is 11.4. The summed E-state index contributed by atoms with van der Waals surface area (Å²) < 4.78 is 6.46. The van der Waals surface area contributed by atoms with Gasteiger partial charge in [0.25, 0.3) is 0 Å². The van der Waals surface area contributed by atoms with Crippen molar-refractivity contribution < 1.29 is 9.53 Å². The van der Waals surface area contributed by atoms with E-state index in [1.165, 1.54) is 64.2 Å². The number of ether oxygens (including phenoxy) is 1. The maximum absolute atomic E-state index is 11.4. The summed E-state index contributed by atoms with van der Waals surface area (Å²) in [5.41, 5.74) is 0.968. The first-order chi connectivity index (χ1) is 11.8. The molecule has 1 aromatic rings. The zero-order valence-corrected chi connectivity index (χ0v) is 15.6. The molecule has 0 atom stereocenters. The van der Waals surface area contributed by atoms with E-state index < -0.39 is 0 Å². The van der Waals surface area contributed by atoms with Crippen LogP contribution in [0.2, 0.25) is 0 Å². The summed E-state index contributed by atoms with van der Waals surface area (Å²) in [5.74, 6) is -0.261. The van der Waals surface area contributed by atoms with Crippen LogP contribution in [-0.2, 0) is 22.5 Å². The lowest BCUT2D eigenvalue weighted by molar-refractivity contribution is -0.144. The van der Waals surface area contributed by atoms with Crippen molar-refractivity contribution in [2.45, 2.75) is 97.4 Å². The Morgan fingerprint density at radius 3 is 2.12 bits per heavy atom. The van der Waals surface area contributed by atoms with Crippen LogP contribution in [-0.4, -0.2) is 27.6 Å². The van der Waals surface area contributed by atoms with Gasteiger partial charge in [0, 0.05) is 6.20 Å². The Hall–Kier alpha value is -1.39. The molecule has 0 amide bonds. The van der Waals surface area contributed by atoms with E-state index in [4.69, 9.17) is 4.74 Å². The van der Waals surface area contributed by atoms with Crippen LogP contribution >= 0.6 is 0 Å². The highest BCUT2D eigenvalue weighted by atomic mass is 16.5. The molecule has 0 saturated carbocycles. The molecule has 1 heterocycles. The summed E-state index contributed by atoms with van der Waals surface area (Å²) in [5, 5.41) is 8.09. The molecule has 5 heteroatoms. The zero-order valence-electron chi connectivity index (χ0n) is 15.6. The second kappa shape index (κ2) is 14.0. The molecule has 0 spiro atoms. The fourth-order valence-corrected chi connectivity index (χ4v) is 2.84. The fourth-order valence-electron chi connectivity index (χ4n) is 2.84. The monoisotopic (exact) mass is 337 g/mol. The van der Waals surface area contributed by atoms with E-state index in [2.05, 4.69) is 17.2 Å². The van der Waals surface area contributed by atoms with Crippen molar-refractivity contribution in [3.63, 3.8) is 0 Å². The first-order valence-electron chi connectivity index (χ1n) is 9.80. The number of carbonyl (C=O) groups excluding carboxylic acids is 1. The van der Waals surface area contributed by atoms with E-state index in [0.717, 1.165) is 18.5 Å². The summed E-state index contributed by atoms with van der Waals surface area (Å²) in [7, 11) is 0. The Balaban J connectivity index is 1.96. The summed E-state index contributed by atoms with van der Waals surface area (Å²) in [6.45, 7) is 4.62. The van der Waals surface area contributed by atoms with Crippen molar-refractivity contribution in [1.82, 2.24) is 15.0 Å². The molecule has 0 bridgehead atoms. The Morgan fingerprint density at radius 1 is 0.958 bits per heavy atom. The Kier molecular flexibility index (Phi) is 12.0. The third kappa shape index (κ3) is 10.4. The normalized spacial score (nSPS) is 10.9. The molecule has 0 unspecified atom stereocenters. The van der Waals surface area contributed by atoms with E-state index in [0.29, 0.717) is 6.61 Å². The lowest BCUT2D eigenvalue weighted by Crippen LogP contribution is -2.13. The van der Waals surface area contributed by atoms with Gasteiger partial charge in [-0.2, -0.15) is 0 Å². The van der Waals surface area contributed by atoms with Gasteiger partial charge in [0.15, 0.2) is 0 Å². The highest BCUT2D eigenvalue weighted by Gasteiger charge is 2.06. The van der Waals surface area contributed by atoms with Gasteiger partial charge in [0.2, 0.25) is 0 Å². The predicted molar refractivity (Wildman–Crippen MR) is 96.8 cm³/mol. The molecule has 138 valence electrons. The van der Waals surface area contributed by atoms with Gasteiger partial charge < -0.3 is 4.74 Å². The van der Waals surface area contributed by atoms with E-state index in [1.807, 2.05) is 6.20 Å². The lowest BCUT2D eigenvalue weighted by Gasteiger charge is -2.02. The third-order valence-corrected chi connectivity index (χ3v) is 4.22. The minimum atomic E-state index is -0.261. The molecule has 0 aliphatic carbocycles. The molecule has 5 nitrogen and oxygen atoms in total. The number of aryl methyl sites for hydroxylation is 1. The second-order valence-electron chi connectivity index (χ2n) is 6.50. The Labute approximate surface area is 147 Å². The number of esters is 1. The average Bonchev–Trinajstić information content (AvgIpc) is 3.00. The standard InChI is InChI=1S/C19H35N3O2/c1-3-5-6-7-8-9-10-11-12-13-14-15-18-16-22(21-20-18)17-19(23)24-4-2/h16H,3-15,17H2,1-2H3. The molecule has 0 N–H and O–H groups in total. The number of hydrogen-bond donors (Lipinski definition) is 0. The molecule has 1 rings (SSSR count). The van der Waals surface area contributed by atoms with Crippen molar-refractivity contribution in [3.05, 3.63) is 11.9 Å². The topological polar surface area (TPSA) is 57.0 Å². The molecule has 0 radical (unpaired) electrons. The van der Waals surface area contributed by atoms with Crippen LogP contribution in [0.1, 0.15) is 90.2 Å². The van der Waals surface area contributed by atoms with Gasteiger partial charge in [0.05, 0.1) is 12.3 Å². The summed E-state index contributed by atoms with van der Waals surface area (Å²) in [6.07, 6.45) is 17.6. The van der Waals surface area contributed by atoms with Crippen molar-refractivity contribution >= 4 is 5.97 Å². The maximum Gasteiger partial charge on any atom is 0.327 e. The molecule has 0 aliphatic heterocycles. The van der Waals surface area contributed by atoms with Gasteiger partial charge in [-0.1, -0.05) is 76.3 Å². The van der Waals surface area contributed by atoms with E-state index >= 15 is 0 Å². The van der Waals surface area contributed by atoms with Crippen LogP contribution in [0.5, 0.6) is 0 Å². The van der Waals surface area contributed by atoms with Gasteiger partial charge >= 0.3 is 5.97 Å². The van der Waals surface area contributed by atoms with Crippen LogP contribution in [0.15, 0.2) is 6.20 Å². The molecule has 0 saturated heterocycles. The van der Waals surface area contributed by atoms with Crippen molar-refractivity contribution in [1.29, 1.82) is 0 Å². The molecule has 24 heavy (non-hydrogen) atoms. The van der Waals surface area contributed by atoms with Crippen molar-refractivity contribution in [3.8, 4) is 0 Å². The Morgan fingerprint density at radius 2 is 1.54 bits per heavy atom. The van der Waals surface area contributed by atoms with E-state index in [-0.39, 0.29) is 12.5 Å². The van der Waals surface area contributed by atoms with Gasteiger partial charge in [-0.25, -0.2) is 4.68 Å². The van der Waals surface area contributed by atoms with E-state index in [1.54, 1.807) is 11.6 Å². The highest BCUT2D eigenvalue weighted by molar-refractivity contribution is 5.68. The van der Waals surface area contributed by atoms with Crippen molar-refractivity contribution in [2.24, 2.45) is 0 Å². The second-order valence-corrected chi connectivity index (χ2v) is 6.50. The van der Waals surface area contributed by atoms with Crippen LogP contribution in [0, 0.1) is 0 Å². The third-order valence-electron chi connectivity index (χ3n) is 4.22. The number of carbonyl (C=O) groups is 1. The lowest BCUT2D eigenvalue weighted by atomic mass is 10.0. The number of rotatable bonds is 15. The molecule has 0 aliphatic rings. The molecule has 0 fully saturated rings. The van der Waals surface area contributed by atoms with Crippen molar-refractivity contribution in [2.75, 3.05) is 6.61 Å². The Bertz CT molecular complexity index is 432. The van der Waals surface area contributed by atoms with Gasteiger partial charge in [-0.05, 0) is 19.8 Å². The van der Waals surface area contributed by atoms with Crippen LogP contribution in [0.3, 0.4) is 0 Å². The smallest absolute Gasteiger partial charge is 0.327 e. The molecular formula is C19H35N3O2. The van der Waals surface area contributed by atoms with Crippen LogP contribution in [0.4, 0.5) is 0 Å². The van der Waals surface area contributed by atoms with E-state index in [9.17, 15) is 4.79 Å². The predicted octanol–water partition coefficient (Wildman–Crippen LogP) is 4.69. The largest absolute Gasteiger partial charge is 0.465 e. The number of hydrogen-bond acceptors (Lipinski definition) is 4. The van der Waals surface area contributed by atoms with Gasteiger partial charge in [-0.15, -0.1) is 5.10 Å². The number of aromatic nitrogens is 3. The molecular weight excluding hydrogens is 302 g/mol. The minimum Gasteiger partial charge on any atom is -0.465 e. The van der Waals surface area contributed by atoms with Crippen LogP contribution in [0.25, 0.3) is 0 Å². The first-order valence-corrected chi connectivity index (χ1v) is 9.80. The summed E-state index contributed by atoms with van der Waals surface area (Å²) >= 11 is 0. The number of unbranched alkanes of at least 4 members (excludes halogenated alkanes) is 10. The first kappa shape index (κ1) is 20.7. The highest BCUT2D eigenvalue weighted by Crippen LogP contribution is 2.12. The zero-order chi connectivity index (χ0) is 17.5. The van der Waals surface area contributed by atoms with Gasteiger partial charge in [-0.3, -0.25) is 4.79 Å². The molecule has 0 aromatic carbocycles. The fraction of sp³-hybridized carbons (Fsp3) is 0.842. The van der Waals surface area contributed by atoms with Crippen LogP contribution < -0.4 is 0 Å². The minimum absolute atomic E-state index is 0.152. The molecule has 1 aromatic heterocycles. The SMILES string of the molecule is CCCCCCCCCCCCCc1cn(CC(=O)OCC)nn1.